The van der Waals surface area contributed by atoms with Crippen LogP contribution in [0, 0.1) is 10.1 Å². The molecule has 7 rings (SSSR count). The third-order valence-corrected chi connectivity index (χ3v) is 9.62. The Kier molecular flexibility index (Phi) is 7.68. The van der Waals surface area contributed by atoms with Crippen LogP contribution < -0.4 is 24.4 Å². The molecule has 10 heteroatoms. The monoisotopic (exact) mass is 679 g/mol. The molecule has 5 aromatic rings. The molecule has 2 aliphatic rings. The number of rotatable bonds is 7. The first kappa shape index (κ1) is 28.9. The molecular weight excluding hydrogens is 654 g/mol. The smallest absolute Gasteiger partial charge is 0.271 e. The number of benzene rings is 4. The number of hydrogen-bond donors (Lipinski definition) is 0. The van der Waals surface area contributed by atoms with Gasteiger partial charge in [-0.15, -0.1) is 0 Å². The SMILES string of the molecule is COc1cc(/C=c2\sc3n(c2=O)[C@@H](c2cccc([N+](=O)[O-])c2)C2=C(N=3)c3ccccc3CC2)cc(Br)c1OCc1ccccc1. The summed E-state index contributed by atoms with van der Waals surface area (Å²) in [6.07, 6.45) is 3.31. The van der Waals surface area contributed by atoms with Crippen molar-refractivity contribution in [2.45, 2.75) is 25.5 Å². The number of ether oxygens (including phenoxy) is 2. The van der Waals surface area contributed by atoms with Crippen molar-refractivity contribution < 1.29 is 14.4 Å². The minimum atomic E-state index is -0.512. The van der Waals surface area contributed by atoms with E-state index in [1.807, 2.05) is 66.7 Å². The van der Waals surface area contributed by atoms with Crippen LogP contribution in [0.25, 0.3) is 11.8 Å². The number of nitro groups is 1. The first-order valence-corrected chi connectivity index (χ1v) is 15.9. The van der Waals surface area contributed by atoms with E-state index in [0.717, 1.165) is 34.4 Å². The molecule has 224 valence electrons. The molecule has 0 amide bonds. The van der Waals surface area contributed by atoms with Crippen LogP contribution in [0.5, 0.6) is 11.5 Å². The van der Waals surface area contributed by atoms with Crippen LogP contribution in [-0.2, 0) is 13.0 Å². The Morgan fingerprint density at radius 3 is 2.64 bits per heavy atom. The van der Waals surface area contributed by atoms with Crippen LogP contribution in [0.1, 0.15) is 40.3 Å². The average Bonchev–Trinajstić information content (AvgIpc) is 3.37. The van der Waals surface area contributed by atoms with Crippen LogP contribution in [0.2, 0.25) is 0 Å². The Labute approximate surface area is 270 Å². The number of nitro benzene ring substituents is 1. The van der Waals surface area contributed by atoms with Gasteiger partial charge in [0.2, 0.25) is 0 Å². The second-order valence-electron chi connectivity index (χ2n) is 10.8. The van der Waals surface area contributed by atoms with Gasteiger partial charge in [0.1, 0.15) is 6.61 Å². The summed E-state index contributed by atoms with van der Waals surface area (Å²) in [5, 5.41) is 11.7. The fraction of sp³-hybridized carbons (Fsp3) is 0.143. The van der Waals surface area contributed by atoms with E-state index in [9.17, 15) is 14.9 Å². The zero-order chi connectivity index (χ0) is 31.1. The number of non-ortho nitro benzene ring substituents is 1. The highest BCUT2D eigenvalue weighted by atomic mass is 79.9. The van der Waals surface area contributed by atoms with E-state index in [2.05, 4.69) is 28.1 Å². The fourth-order valence-corrected chi connectivity index (χ4v) is 7.55. The quantitative estimate of drug-likeness (QED) is 0.143. The summed E-state index contributed by atoms with van der Waals surface area (Å²) in [4.78, 5) is 31.0. The Morgan fingerprint density at radius 2 is 1.84 bits per heavy atom. The summed E-state index contributed by atoms with van der Waals surface area (Å²) in [5.74, 6) is 1.10. The van der Waals surface area contributed by atoms with E-state index < -0.39 is 11.0 Å². The van der Waals surface area contributed by atoms with Gasteiger partial charge in [0.05, 0.1) is 32.8 Å². The number of aryl methyl sites for hydroxylation is 1. The van der Waals surface area contributed by atoms with Crippen molar-refractivity contribution in [3.05, 3.63) is 159 Å². The maximum atomic E-state index is 14.2. The van der Waals surface area contributed by atoms with Crippen molar-refractivity contribution in [3.8, 4) is 11.5 Å². The van der Waals surface area contributed by atoms with Crippen molar-refractivity contribution in [1.82, 2.24) is 4.57 Å². The lowest BCUT2D eigenvalue weighted by Crippen LogP contribution is -2.38. The van der Waals surface area contributed by atoms with Gasteiger partial charge in [-0.05, 0) is 74.8 Å². The second kappa shape index (κ2) is 11.9. The molecule has 1 aliphatic carbocycles. The number of fused-ring (bicyclic) bond motifs is 3. The molecule has 0 fully saturated rings. The Bertz CT molecular complexity index is 2190. The molecule has 1 aromatic heterocycles. The highest BCUT2D eigenvalue weighted by molar-refractivity contribution is 9.10. The molecule has 0 spiro atoms. The van der Waals surface area contributed by atoms with Gasteiger partial charge in [0.25, 0.3) is 11.2 Å². The number of hydrogen-bond acceptors (Lipinski definition) is 7. The summed E-state index contributed by atoms with van der Waals surface area (Å²) in [6, 6.07) is 27.8. The van der Waals surface area contributed by atoms with E-state index in [-0.39, 0.29) is 11.2 Å². The predicted molar refractivity (Wildman–Crippen MR) is 177 cm³/mol. The molecule has 2 heterocycles. The van der Waals surface area contributed by atoms with Gasteiger partial charge < -0.3 is 9.47 Å². The minimum absolute atomic E-state index is 0.0171. The van der Waals surface area contributed by atoms with Gasteiger partial charge >= 0.3 is 0 Å². The number of halogens is 1. The third kappa shape index (κ3) is 5.40. The normalized spacial score (nSPS) is 15.5. The molecule has 0 N–H and O–H groups in total. The Morgan fingerprint density at radius 1 is 1.04 bits per heavy atom. The van der Waals surface area contributed by atoms with Gasteiger partial charge in [0.15, 0.2) is 16.3 Å². The maximum Gasteiger partial charge on any atom is 0.271 e. The molecule has 0 radical (unpaired) electrons. The standard InChI is InChI=1S/C35H26BrN3O5S/c1-43-29-17-22(16-28(36)33(29)44-20-21-8-3-2-4-9-21)18-30-34(40)38-32(24-11-7-12-25(19-24)39(41)42)27-15-14-23-10-5-6-13-26(23)31(27)37-35(38)45-30/h2-13,16-19,32H,14-15,20H2,1H3/b30-18-/t32-/m0/s1. The zero-order valence-electron chi connectivity index (χ0n) is 24.1. The first-order chi connectivity index (χ1) is 21.9. The second-order valence-corrected chi connectivity index (χ2v) is 12.6. The summed E-state index contributed by atoms with van der Waals surface area (Å²) in [7, 11) is 1.58. The van der Waals surface area contributed by atoms with Gasteiger partial charge in [-0.3, -0.25) is 19.5 Å². The van der Waals surface area contributed by atoms with E-state index in [0.29, 0.717) is 43.9 Å². The third-order valence-electron chi connectivity index (χ3n) is 8.05. The summed E-state index contributed by atoms with van der Waals surface area (Å²) >= 11 is 4.93. The number of methoxy groups -OCH3 is 1. The lowest BCUT2D eigenvalue weighted by molar-refractivity contribution is -0.384. The van der Waals surface area contributed by atoms with Crippen molar-refractivity contribution in [2.24, 2.45) is 4.99 Å². The zero-order valence-corrected chi connectivity index (χ0v) is 26.5. The van der Waals surface area contributed by atoms with E-state index >= 15 is 0 Å². The van der Waals surface area contributed by atoms with E-state index in [4.69, 9.17) is 14.5 Å². The van der Waals surface area contributed by atoms with Crippen molar-refractivity contribution in [2.75, 3.05) is 7.11 Å². The molecular formula is C35H26BrN3O5S. The number of nitrogens with zero attached hydrogens (tertiary/aromatic N) is 3. The van der Waals surface area contributed by atoms with Gasteiger partial charge in [0, 0.05) is 17.7 Å². The van der Waals surface area contributed by atoms with Crippen LogP contribution in [-0.4, -0.2) is 16.6 Å². The van der Waals surface area contributed by atoms with E-state index in [1.165, 1.54) is 23.0 Å². The molecule has 0 unspecified atom stereocenters. The van der Waals surface area contributed by atoms with Crippen molar-refractivity contribution in [3.63, 3.8) is 0 Å². The fourth-order valence-electron chi connectivity index (χ4n) is 5.98. The summed E-state index contributed by atoms with van der Waals surface area (Å²) < 4.78 is 14.6. The van der Waals surface area contributed by atoms with Crippen LogP contribution in [0.15, 0.2) is 111 Å². The molecule has 0 bridgehead atoms. The Balaban J connectivity index is 1.35. The lowest BCUT2D eigenvalue weighted by Gasteiger charge is -2.30. The molecule has 8 nitrogen and oxygen atoms in total. The predicted octanol–water partition coefficient (Wildman–Crippen LogP) is 6.58. The molecule has 45 heavy (non-hydrogen) atoms. The van der Waals surface area contributed by atoms with Crippen LogP contribution in [0.3, 0.4) is 0 Å². The Hall–Kier alpha value is -4.80. The molecule has 1 atom stereocenters. The number of aromatic nitrogens is 1. The number of thiazole rings is 1. The highest BCUT2D eigenvalue weighted by Gasteiger charge is 2.33. The maximum absolute atomic E-state index is 14.2. The average molecular weight is 681 g/mol. The van der Waals surface area contributed by atoms with Crippen molar-refractivity contribution >= 4 is 44.7 Å². The largest absolute Gasteiger partial charge is 0.493 e. The van der Waals surface area contributed by atoms with Gasteiger partial charge in [-0.2, -0.15) is 0 Å². The summed E-state index contributed by atoms with van der Waals surface area (Å²) in [5.41, 5.74) is 6.29. The highest BCUT2D eigenvalue weighted by Crippen LogP contribution is 2.42. The molecule has 0 saturated heterocycles. The van der Waals surface area contributed by atoms with Crippen LogP contribution in [0.4, 0.5) is 5.69 Å². The van der Waals surface area contributed by atoms with Crippen molar-refractivity contribution in [1.29, 1.82) is 0 Å². The lowest BCUT2D eigenvalue weighted by atomic mass is 9.83. The molecule has 4 aromatic carbocycles. The van der Waals surface area contributed by atoms with E-state index in [1.54, 1.807) is 23.8 Å². The molecule has 0 saturated carbocycles. The first-order valence-electron chi connectivity index (χ1n) is 14.3. The minimum Gasteiger partial charge on any atom is -0.493 e. The van der Waals surface area contributed by atoms with Gasteiger partial charge in [-0.1, -0.05) is 78.1 Å². The van der Waals surface area contributed by atoms with Crippen LogP contribution >= 0.6 is 27.3 Å². The summed E-state index contributed by atoms with van der Waals surface area (Å²) in [6.45, 7) is 0.374. The number of allylic oxidation sites excluding steroid dienone is 1. The molecule has 1 aliphatic heterocycles. The topological polar surface area (TPSA) is 96.0 Å². The van der Waals surface area contributed by atoms with Gasteiger partial charge in [-0.25, -0.2) is 4.99 Å².